The van der Waals surface area contributed by atoms with Crippen LogP contribution >= 0.6 is 0 Å². The summed E-state index contributed by atoms with van der Waals surface area (Å²) in [5, 5.41) is 9.68. The lowest BCUT2D eigenvalue weighted by Gasteiger charge is -2.37. The van der Waals surface area contributed by atoms with Crippen LogP contribution in [0.15, 0.2) is 60.7 Å². The lowest BCUT2D eigenvalue weighted by atomic mass is 9.90. The monoisotopic (exact) mass is 269 g/mol. The first-order chi connectivity index (χ1) is 9.54. The molecule has 1 atom stereocenters. The second-order valence-electron chi connectivity index (χ2n) is 5.14. The van der Waals surface area contributed by atoms with Gasteiger partial charge in [-0.25, -0.2) is 4.79 Å². The zero-order chi connectivity index (χ0) is 14.6. The minimum Gasteiger partial charge on any atom is -0.479 e. The van der Waals surface area contributed by atoms with E-state index in [4.69, 9.17) is 0 Å². The summed E-state index contributed by atoms with van der Waals surface area (Å²) in [6, 6.07) is 19.3. The molecule has 3 nitrogen and oxygen atoms in total. The van der Waals surface area contributed by atoms with Gasteiger partial charge in [-0.15, -0.1) is 0 Å². The lowest BCUT2D eigenvalue weighted by molar-refractivity contribution is -0.142. The fourth-order valence-electron chi connectivity index (χ4n) is 2.27. The van der Waals surface area contributed by atoms with Crippen LogP contribution in [0.1, 0.15) is 12.5 Å². The molecule has 2 rings (SSSR count). The topological polar surface area (TPSA) is 40.5 Å². The zero-order valence-electron chi connectivity index (χ0n) is 11.8. The van der Waals surface area contributed by atoms with Gasteiger partial charge in [-0.1, -0.05) is 48.5 Å². The number of likely N-dealkylation sites (N-methyl/N-ethyl adjacent to an activating group) is 1. The van der Waals surface area contributed by atoms with Crippen LogP contribution in [0.3, 0.4) is 0 Å². The van der Waals surface area contributed by atoms with Gasteiger partial charge in [0.2, 0.25) is 0 Å². The molecule has 0 radical (unpaired) electrons. The largest absolute Gasteiger partial charge is 0.479 e. The smallest absolute Gasteiger partial charge is 0.329 e. The molecule has 0 saturated carbocycles. The Bertz CT molecular complexity index is 568. The van der Waals surface area contributed by atoms with E-state index < -0.39 is 11.5 Å². The molecule has 0 amide bonds. The van der Waals surface area contributed by atoms with Crippen LogP contribution in [-0.4, -0.2) is 23.7 Å². The first-order valence-corrected chi connectivity index (χ1v) is 6.60. The maximum atomic E-state index is 11.8. The van der Waals surface area contributed by atoms with Gasteiger partial charge in [-0.05, 0) is 24.6 Å². The van der Waals surface area contributed by atoms with Crippen molar-refractivity contribution in [2.45, 2.75) is 18.9 Å². The molecule has 0 bridgehead atoms. The molecule has 0 unspecified atom stereocenters. The van der Waals surface area contributed by atoms with Crippen molar-refractivity contribution in [1.82, 2.24) is 0 Å². The van der Waals surface area contributed by atoms with Crippen LogP contribution in [0.25, 0.3) is 0 Å². The van der Waals surface area contributed by atoms with Crippen LogP contribution in [0.5, 0.6) is 0 Å². The maximum Gasteiger partial charge on any atom is 0.329 e. The molecule has 0 fully saturated rings. The minimum absolute atomic E-state index is 0.453. The van der Waals surface area contributed by atoms with Crippen LogP contribution in [-0.2, 0) is 11.2 Å². The third-order valence-electron chi connectivity index (χ3n) is 3.74. The quantitative estimate of drug-likeness (QED) is 0.906. The Labute approximate surface area is 119 Å². The highest BCUT2D eigenvalue weighted by atomic mass is 16.4. The number of rotatable bonds is 5. The van der Waals surface area contributed by atoms with Crippen molar-refractivity contribution >= 4 is 11.7 Å². The van der Waals surface area contributed by atoms with Crippen LogP contribution in [0, 0.1) is 0 Å². The first kappa shape index (κ1) is 14.1. The predicted molar refractivity (Wildman–Crippen MR) is 81.0 cm³/mol. The highest BCUT2D eigenvalue weighted by molar-refractivity contribution is 5.83. The summed E-state index contributed by atoms with van der Waals surface area (Å²) in [4.78, 5) is 13.6. The van der Waals surface area contributed by atoms with Crippen molar-refractivity contribution in [2.24, 2.45) is 0 Å². The molecule has 0 aliphatic heterocycles. The van der Waals surface area contributed by atoms with Crippen molar-refractivity contribution in [3.8, 4) is 0 Å². The Kier molecular flexibility index (Phi) is 4.08. The van der Waals surface area contributed by atoms with E-state index in [0.29, 0.717) is 6.42 Å². The van der Waals surface area contributed by atoms with Crippen molar-refractivity contribution in [3.05, 3.63) is 66.2 Å². The Morgan fingerprint density at radius 2 is 1.55 bits per heavy atom. The highest BCUT2D eigenvalue weighted by Gasteiger charge is 2.37. The molecule has 0 saturated heterocycles. The van der Waals surface area contributed by atoms with E-state index in [1.54, 1.807) is 6.92 Å². The molecular formula is C17H19NO2. The van der Waals surface area contributed by atoms with E-state index in [0.717, 1.165) is 11.3 Å². The Balaban J connectivity index is 2.32. The van der Waals surface area contributed by atoms with Gasteiger partial charge in [0.1, 0.15) is 5.54 Å². The van der Waals surface area contributed by atoms with Gasteiger partial charge < -0.3 is 10.0 Å². The average Bonchev–Trinajstić information content (AvgIpc) is 2.48. The first-order valence-electron chi connectivity index (χ1n) is 6.60. The van der Waals surface area contributed by atoms with Gasteiger partial charge in [0, 0.05) is 19.2 Å². The summed E-state index contributed by atoms with van der Waals surface area (Å²) < 4.78 is 0. The number of hydrogen-bond donors (Lipinski definition) is 1. The number of nitrogens with zero attached hydrogens (tertiary/aromatic N) is 1. The molecule has 2 aromatic carbocycles. The summed E-state index contributed by atoms with van der Waals surface area (Å²) in [6.07, 6.45) is 0.453. The van der Waals surface area contributed by atoms with Crippen molar-refractivity contribution < 1.29 is 9.90 Å². The standard InChI is InChI=1S/C17H19NO2/c1-17(16(19)20,13-14-9-5-3-6-10-14)18(2)15-11-7-4-8-12-15/h3-12H,13H2,1-2H3,(H,19,20)/t17-/m0/s1. The molecule has 2 aromatic rings. The number of benzene rings is 2. The van der Waals surface area contributed by atoms with E-state index in [-0.39, 0.29) is 0 Å². The molecule has 0 aromatic heterocycles. The Morgan fingerprint density at radius 3 is 2.05 bits per heavy atom. The molecule has 0 aliphatic rings. The Morgan fingerprint density at radius 1 is 1.05 bits per heavy atom. The molecule has 0 aliphatic carbocycles. The molecule has 20 heavy (non-hydrogen) atoms. The van der Waals surface area contributed by atoms with Gasteiger partial charge in [0.25, 0.3) is 0 Å². The molecule has 0 spiro atoms. The number of anilines is 1. The molecule has 1 N–H and O–H groups in total. The maximum absolute atomic E-state index is 11.8. The SMILES string of the molecule is CN(c1ccccc1)[C@@](C)(Cc1ccccc1)C(=O)O. The van der Waals surface area contributed by atoms with Crippen molar-refractivity contribution in [3.63, 3.8) is 0 Å². The number of para-hydroxylation sites is 1. The minimum atomic E-state index is -0.983. The number of carboxylic acid groups (broad SMARTS) is 1. The van der Waals surface area contributed by atoms with Gasteiger partial charge >= 0.3 is 5.97 Å². The average molecular weight is 269 g/mol. The van der Waals surface area contributed by atoms with Gasteiger partial charge in [0.05, 0.1) is 0 Å². The van der Waals surface area contributed by atoms with E-state index in [2.05, 4.69) is 0 Å². The summed E-state index contributed by atoms with van der Waals surface area (Å²) in [7, 11) is 1.83. The van der Waals surface area contributed by atoms with E-state index in [1.165, 1.54) is 0 Å². The third kappa shape index (κ3) is 2.82. The van der Waals surface area contributed by atoms with E-state index in [9.17, 15) is 9.90 Å². The van der Waals surface area contributed by atoms with Gasteiger partial charge in [-0.2, -0.15) is 0 Å². The number of carboxylic acids is 1. The number of aliphatic carboxylic acids is 1. The normalized spacial score (nSPS) is 13.5. The molecule has 0 heterocycles. The summed E-state index contributed by atoms with van der Waals surface area (Å²) in [5.41, 5.74) is 0.927. The summed E-state index contributed by atoms with van der Waals surface area (Å²) >= 11 is 0. The number of hydrogen-bond acceptors (Lipinski definition) is 2. The Hall–Kier alpha value is -2.29. The molecule has 104 valence electrons. The summed E-state index contributed by atoms with van der Waals surface area (Å²) in [5.74, 6) is -0.826. The summed E-state index contributed by atoms with van der Waals surface area (Å²) in [6.45, 7) is 1.76. The van der Waals surface area contributed by atoms with Crippen molar-refractivity contribution in [1.29, 1.82) is 0 Å². The fourth-order valence-corrected chi connectivity index (χ4v) is 2.27. The second kappa shape index (κ2) is 5.78. The highest BCUT2D eigenvalue weighted by Crippen LogP contribution is 2.26. The zero-order valence-corrected chi connectivity index (χ0v) is 11.8. The molecular weight excluding hydrogens is 250 g/mol. The fraction of sp³-hybridized carbons (Fsp3) is 0.235. The van der Waals surface area contributed by atoms with Crippen LogP contribution in [0.4, 0.5) is 5.69 Å². The predicted octanol–water partition coefficient (Wildman–Crippen LogP) is 3.21. The molecule has 3 heteroatoms. The van der Waals surface area contributed by atoms with Crippen LogP contribution in [0.2, 0.25) is 0 Å². The number of carbonyl (C=O) groups is 1. The van der Waals surface area contributed by atoms with E-state index in [1.807, 2.05) is 72.6 Å². The van der Waals surface area contributed by atoms with Gasteiger partial charge in [0.15, 0.2) is 0 Å². The lowest BCUT2D eigenvalue weighted by Crippen LogP contribution is -2.52. The van der Waals surface area contributed by atoms with E-state index >= 15 is 0 Å². The van der Waals surface area contributed by atoms with Gasteiger partial charge in [-0.3, -0.25) is 0 Å². The van der Waals surface area contributed by atoms with Crippen LogP contribution < -0.4 is 4.90 Å². The third-order valence-corrected chi connectivity index (χ3v) is 3.74. The van der Waals surface area contributed by atoms with Crippen molar-refractivity contribution in [2.75, 3.05) is 11.9 Å². The second-order valence-corrected chi connectivity index (χ2v) is 5.14.